The van der Waals surface area contributed by atoms with Gasteiger partial charge in [-0.3, -0.25) is 9.59 Å². The van der Waals surface area contributed by atoms with Crippen molar-refractivity contribution >= 4 is 11.9 Å². The summed E-state index contributed by atoms with van der Waals surface area (Å²) in [7, 11) is 0. The highest BCUT2D eigenvalue weighted by molar-refractivity contribution is 5.76. The Morgan fingerprint density at radius 3 is 1.18 bits per heavy atom. The first-order chi connectivity index (χ1) is 30.5. The zero-order valence-electron chi connectivity index (χ0n) is 41.6. The Morgan fingerprint density at radius 1 is 0.435 bits per heavy atom. The molecule has 0 aliphatic rings. The molecule has 0 aromatic carbocycles. The smallest absolute Gasteiger partial charge is 0.305 e. The van der Waals surface area contributed by atoms with Crippen LogP contribution in [0, 0.1) is 0 Å². The van der Waals surface area contributed by atoms with Crippen LogP contribution in [0.15, 0.2) is 24.3 Å². The van der Waals surface area contributed by atoms with E-state index >= 15 is 0 Å². The number of aliphatic hydroxyl groups excluding tert-OH is 2. The van der Waals surface area contributed by atoms with Crippen molar-refractivity contribution in [3.05, 3.63) is 24.3 Å². The predicted molar refractivity (Wildman–Crippen MR) is 269 cm³/mol. The lowest BCUT2D eigenvalue weighted by atomic mass is 10.0. The Morgan fingerprint density at radius 2 is 0.758 bits per heavy atom. The van der Waals surface area contributed by atoms with Crippen LogP contribution >= 0.6 is 0 Å². The number of esters is 1. The zero-order valence-corrected chi connectivity index (χ0v) is 41.6. The van der Waals surface area contributed by atoms with Gasteiger partial charge < -0.3 is 20.3 Å². The van der Waals surface area contributed by atoms with E-state index in [-0.39, 0.29) is 18.5 Å². The van der Waals surface area contributed by atoms with E-state index in [1.807, 2.05) is 6.08 Å². The van der Waals surface area contributed by atoms with Crippen molar-refractivity contribution in [2.24, 2.45) is 0 Å². The SMILES string of the molecule is CCCCC/C=C\CCCCCCCC(=O)OCCCCCCCCCCCCCCCC(=O)NC(CO)C(O)/C=C/CCCCCCCCCCCCCCCCCCCC. The molecule has 366 valence electrons. The van der Waals surface area contributed by atoms with Crippen LogP contribution in [0.3, 0.4) is 0 Å². The lowest BCUT2D eigenvalue weighted by molar-refractivity contribution is -0.143. The third-order valence-corrected chi connectivity index (χ3v) is 12.7. The quantitative estimate of drug-likeness (QED) is 0.0321. The van der Waals surface area contributed by atoms with E-state index < -0.39 is 12.1 Å². The Balaban J connectivity index is 3.50. The van der Waals surface area contributed by atoms with Gasteiger partial charge in [0.05, 0.1) is 25.4 Å². The summed E-state index contributed by atoms with van der Waals surface area (Å²) in [4.78, 5) is 24.5. The molecule has 0 heterocycles. The third-order valence-electron chi connectivity index (χ3n) is 12.7. The van der Waals surface area contributed by atoms with Gasteiger partial charge in [0.15, 0.2) is 0 Å². The summed E-state index contributed by atoms with van der Waals surface area (Å²) >= 11 is 0. The molecular formula is C56H107NO5. The summed E-state index contributed by atoms with van der Waals surface area (Å²) in [5, 5.41) is 23.1. The largest absolute Gasteiger partial charge is 0.466 e. The third kappa shape index (κ3) is 47.8. The molecule has 2 atom stereocenters. The summed E-state index contributed by atoms with van der Waals surface area (Å²) in [5.41, 5.74) is 0. The molecule has 1 amide bonds. The molecule has 0 radical (unpaired) electrons. The first-order valence-electron chi connectivity index (χ1n) is 27.6. The van der Waals surface area contributed by atoms with E-state index in [0.717, 1.165) is 57.8 Å². The molecule has 0 aromatic rings. The molecule has 0 aliphatic carbocycles. The van der Waals surface area contributed by atoms with Crippen LogP contribution in [-0.4, -0.2) is 47.4 Å². The van der Waals surface area contributed by atoms with Crippen LogP contribution in [-0.2, 0) is 14.3 Å². The second-order valence-corrected chi connectivity index (χ2v) is 18.9. The normalized spacial score (nSPS) is 12.8. The molecule has 6 nitrogen and oxygen atoms in total. The fourth-order valence-electron chi connectivity index (χ4n) is 8.45. The number of rotatable bonds is 51. The maximum atomic E-state index is 12.5. The van der Waals surface area contributed by atoms with E-state index in [4.69, 9.17) is 4.74 Å². The molecule has 62 heavy (non-hydrogen) atoms. The molecular weight excluding hydrogens is 767 g/mol. The summed E-state index contributed by atoms with van der Waals surface area (Å²) < 4.78 is 5.45. The number of hydrogen-bond donors (Lipinski definition) is 3. The fraction of sp³-hybridized carbons (Fsp3) is 0.893. The lowest BCUT2D eigenvalue weighted by Gasteiger charge is -2.20. The van der Waals surface area contributed by atoms with Gasteiger partial charge in [0.25, 0.3) is 0 Å². The van der Waals surface area contributed by atoms with Crippen LogP contribution in [0.5, 0.6) is 0 Å². The second-order valence-electron chi connectivity index (χ2n) is 18.9. The first-order valence-corrected chi connectivity index (χ1v) is 27.6. The number of carbonyl (C=O) groups is 2. The average molecular weight is 874 g/mol. The number of unbranched alkanes of at least 4 members (excludes halogenated alkanes) is 38. The lowest BCUT2D eigenvalue weighted by Crippen LogP contribution is -2.45. The highest BCUT2D eigenvalue weighted by Gasteiger charge is 2.18. The molecule has 0 bridgehead atoms. The van der Waals surface area contributed by atoms with Gasteiger partial charge in [-0.05, 0) is 57.8 Å². The minimum absolute atomic E-state index is 0.0167. The van der Waals surface area contributed by atoms with E-state index in [1.54, 1.807) is 6.08 Å². The Labute approximate surface area is 386 Å². The molecule has 0 aromatic heterocycles. The van der Waals surface area contributed by atoms with Gasteiger partial charge in [0.2, 0.25) is 5.91 Å². The van der Waals surface area contributed by atoms with Gasteiger partial charge in [-0.15, -0.1) is 0 Å². The van der Waals surface area contributed by atoms with Crippen molar-refractivity contribution in [3.8, 4) is 0 Å². The predicted octanol–water partition coefficient (Wildman–Crippen LogP) is 16.7. The number of nitrogens with one attached hydrogen (secondary N) is 1. The summed E-state index contributed by atoms with van der Waals surface area (Å²) in [6, 6.07) is -0.638. The number of hydrogen-bond acceptors (Lipinski definition) is 5. The summed E-state index contributed by atoms with van der Waals surface area (Å²) in [6.45, 7) is 4.86. The highest BCUT2D eigenvalue weighted by Crippen LogP contribution is 2.17. The van der Waals surface area contributed by atoms with Crippen molar-refractivity contribution in [2.45, 2.75) is 309 Å². The number of aliphatic hydroxyl groups is 2. The van der Waals surface area contributed by atoms with E-state index in [9.17, 15) is 19.8 Å². The molecule has 6 heteroatoms. The molecule has 3 N–H and O–H groups in total. The van der Waals surface area contributed by atoms with E-state index in [1.165, 1.54) is 212 Å². The number of amides is 1. The molecule has 0 fully saturated rings. The summed E-state index contributed by atoms with van der Waals surface area (Å²) in [5.74, 6) is -0.0959. The number of allylic oxidation sites excluding steroid dienone is 3. The van der Waals surface area contributed by atoms with Crippen LogP contribution in [0.2, 0.25) is 0 Å². The van der Waals surface area contributed by atoms with Gasteiger partial charge in [-0.1, -0.05) is 250 Å². The molecule has 2 unspecified atom stereocenters. The van der Waals surface area contributed by atoms with Crippen molar-refractivity contribution < 1.29 is 24.5 Å². The monoisotopic (exact) mass is 874 g/mol. The van der Waals surface area contributed by atoms with Gasteiger partial charge >= 0.3 is 5.97 Å². The van der Waals surface area contributed by atoms with Crippen molar-refractivity contribution in [3.63, 3.8) is 0 Å². The number of carbonyl (C=O) groups excluding carboxylic acids is 2. The Kier molecular flexibility index (Phi) is 50.6. The first kappa shape index (κ1) is 60.3. The van der Waals surface area contributed by atoms with Crippen LogP contribution in [0.1, 0.15) is 296 Å². The molecule has 0 spiro atoms. The zero-order chi connectivity index (χ0) is 45.1. The average Bonchev–Trinajstić information content (AvgIpc) is 3.27. The maximum absolute atomic E-state index is 12.5. The van der Waals surface area contributed by atoms with Gasteiger partial charge in [-0.2, -0.15) is 0 Å². The summed E-state index contributed by atoms with van der Waals surface area (Å²) in [6.07, 6.45) is 61.8. The van der Waals surface area contributed by atoms with Gasteiger partial charge in [-0.25, -0.2) is 0 Å². The molecule has 0 saturated carbocycles. The van der Waals surface area contributed by atoms with Gasteiger partial charge in [0.1, 0.15) is 0 Å². The Hall–Kier alpha value is -1.66. The van der Waals surface area contributed by atoms with Crippen LogP contribution in [0.25, 0.3) is 0 Å². The Bertz CT molecular complexity index is 966. The molecule has 0 aliphatic heterocycles. The topological polar surface area (TPSA) is 95.9 Å². The highest BCUT2D eigenvalue weighted by atomic mass is 16.5. The van der Waals surface area contributed by atoms with Crippen LogP contribution < -0.4 is 5.32 Å². The molecule has 0 rings (SSSR count). The molecule has 0 saturated heterocycles. The van der Waals surface area contributed by atoms with Crippen molar-refractivity contribution in [2.75, 3.05) is 13.2 Å². The van der Waals surface area contributed by atoms with Gasteiger partial charge in [0, 0.05) is 12.8 Å². The minimum atomic E-state index is -0.853. The maximum Gasteiger partial charge on any atom is 0.305 e. The standard InChI is InChI=1S/C56H107NO5/c1-3-5-7-9-11-13-15-17-18-19-20-21-22-23-25-28-32-36-40-44-48-54(59)53(52-58)57-55(60)49-45-41-37-33-29-26-24-27-31-35-39-43-47-51-62-56(61)50-46-42-38-34-30-16-14-12-10-8-6-4-2/h12,14,44,48,53-54,58-59H,3-11,13,15-43,45-47,49-52H2,1-2H3,(H,57,60)/b14-12-,48-44+. The van der Waals surface area contributed by atoms with E-state index in [0.29, 0.717) is 19.4 Å². The van der Waals surface area contributed by atoms with Crippen molar-refractivity contribution in [1.82, 2.24) is 5.32 Å². The van der Waals surface area contributed by atoms with Crippen molar-refractivity contribution in [1.29, 1.82) is 0 Å². The van der Waals surface area contributed by atoms with Crippen LogP contribution in [0.4, 0.5) is 0 Å². The minimum Gasteiger partial charge on any atom is -0.466 e. The number of ether oxygens (including phenoxy) is 1. The van der Waals surface area contributed by atoms with E-state index in [2.05, 4.69) is 31.3 Å². The second kappa shape index (κ2) is 52.0. The fourth-order valence-corrected chi connectivity index (χ4v) is 8.45.